The lowest BCUT2D eigenvalue weighted by molar-refractivity contribution is -0.111. The quantitative estimate of drug-likeness (QED) is 0.431. The number of amides is 1. The number of halogens is 1. The fraction of sp³-hybridized carbons (Fsp3) is 0.125. The Bertz CT molecular complexity index is 1220. The summed E-state index contributed by atoms with van der Waals surface area (Å²) in [5.41, 5.74) is 6.20. The molecule has 0 fully saturated rings. The molecule has 1 heterocycles. The van der Waals surface area contributed by atoms with Gasteiger partial charge in [0.1, 0.15) is 11.0 Å². The second-order valence-corrected chi connectivity index (χ2v) is 7.48. The topological polar surface area (TPSA) is 59.8 Å². The third-order valence-corrected chi connectivity index (χ3v) is 5.11. The average Bonchev–Trinajstić information content (AvgIpc) is 3.16. The fourth-order valence-corrected chi connectivity index (χ4v) is 3.23. The maximum atomic E-state index is 12.4. The van der Waals surface area contributed by atoms with E-state index in [4.69, 9.17) is 11.6 Å². The predicted octanol–water partition coefficient (Wildman–Crippen LogP) is 5.60. The first kappa shape index (κ1) is 19.9. The zero-order valence-electron chi connectivity index (χ0n) is 16.8. The minimum absolute atomic E-state index is 0.213. The fourth-order valence-electron chi connectivity index (χ4n) is 3.10. The van der Waals surface area contributed by atoms with Crippen molar-refractivity contribution in [2.24, 2.45) is 0 Å². The summed E-state index contributed by atoms with van der Waals surface area (Å²) in [7, 11) is 0. The van der Waals surface area contributed by atoms with Gasteiger partial charge in [-0.15, -0.1) is 10.2 Å². The van der Waals surface area contributed by atoms with Gasteiger partial charge in [0.2, 0.25) is 5.91 Å². The summed E-state index contributed by atoms with van der Waals surface area (Å²) in [6, 6.07) is 19.2. The molecule has 30 heavy (non-hydrogen) atoms. The largest absolute Gasteiger partial charge is 0.322 e. The van der Waals surface area contributed by atoms with Gasteiger partial charge in [0.05, 0.1) is 5.69 Å². The van der Waals surface area contributed by atoms with Gasteiger partial charge in [0.15, 0.2) is 0 Å². The molecule has 0 saturated carbocycles. The number of nitrogens with zero attached hydrogens (tertiary/aromatic N) is 3. The Hall–Kier alpha value is -3.44. The first-order valence-corrected chi connectivity index (χ1v) is 10.1. The van der Waals surface area contributed by atoms with Crippen LogP contribution in [0.1, 0.15) is 23.6 Å². The van der Waals surface area contributed by atoms with E-state index >= 15 is 0 Å². The van der Waals surface area contributed by atoms with Crippen LogP contribution in [0.3, 0.4) is 0 Å². The molecule has 0 spiro atoms. The van der Waals surface area contributed by atoms with Crippen molar-refractivity contribution in [3.63, 3.8) is 0 Å². The highest BCUT2D eigenvalue weighted by Gasteiger charge is 2.10. The van der Waals surface area contributed by atoms with Gasteiger partial charge in [0, 0.05) is 16.8 Å². The number of carbonyl (C=O) groups excluding carboxylic acids is 1. The summed E-state index contributed by atoms with van der Waals surface area (Å²) >= 11 is 5.89. The van der Waals surface area contributed by atoms with Crippen LogP contribution >= 0.6 is 11.6 Å². The lowest BCUT2D eigenvalue weighted by Gasteiger charge is -2.05. The van der Waals surface area contributed by atoms with Gasteiger partial charge in [-0.2, -0.15) is 4.80 Å². The molecule has 0 saturated heterocycles. The van der Waals surface area contributed by atoms with E-state index in [9.17, 15) is 4.79 Å². The SMILES string of the molecule is CCc1ccc(-n2nc3cc(C)c(NC(=O)C=Cc4ccc(Cl)cc4)cc3n2)cc1. The van der Waals surface area contributed by atoms with Crippen molar-refractivity contribution >= 4 is 40.3 Å². The zero-order valence-corrected chi connectivity index (χ0v) is 17.5. The van der Waals surface area contributed by atoms with E-state index in [0.29, 0.717) is 10.7 Å². The van der Waals surface area contributed by atoms with Crippen molar-refractivity contribution in [3.05, 3.63) is 88.5 Å². The molecule has 6 heteroatoms. The van der Waals surface area contributed by atoms with Crippen molar-refractivity contribution in [3.8, 4) is 5.69 Å². The molecule has 1 amide bonds. The van der Waals surface area contributed by atoms with Crippen LogP contribution in [0.4, 0.5) is 5.69 Å². The number of aryl methyl sites for hydroxylation is 2. The highest BCUT2D eigenvalue weighted by atomic mass is 35.5. The number of fused-ring (bicyclic) bond motifs is 1. The third kappa shape index (κ3) is 4.42. The second-order valence-electron chi connectivity index (χ2n) is 7.04. The minimum atomic E-state index is -0.213. The number of nitrogens with one attached hydrogen (secondary N) is 1. The van der Waals surface area contributed by atoms with Gasteiger partial charge in [-0.3, -0.25) is 4.79 Å². The number of anilines is 1. The molecule has 4 aromatic rings. The molecule has 1 N–H and O–H groups in total. The van der Waals surface area contributed by atoms with Crippen LogP contribution in [-0.4, -0.2) is 20.9 Å². The molecular formula is C24H21ClN4O. The number of rotatable bonds is 5. The maximum Gasteiger partial charge on any atom is 0.248 e. The van der Waals surface area contributed by atoms with Crippen molar-refractivity contribution in [1.82, 2.24) is 15.0 Å². The summed E-state index contributed by atoms with van der Waals surface area (Å²) < 4.78 is 0. The van der Waals surface area contributed by atoms with E-state index in [1.807, 2.05) is 43.3 Å². The predicted molar refractivity (Wildman–Crippen MR) is 122 cm³/mol. The van der Waals surface area contributed by atoms with Crippen LogP contribution in [-0.2, 0) is 11.2 Å². The van der Waals surface area contributed by atoms with E-state index in [1.165, 1.54) is 11.6 Å². The maximum absolute atomic E-state index is 12.4. The molecule has 1 aromatic heterocycles. The smallest absolute Gasteiger partial charge is 0.248 e. The van der Waals surface area contributed by atoms with Crippen LogP contribution in [0.25, 0.3) is 22.8 Å². The normalized spacial score (nSPS) is 11.3. The van der Waals surface area contributed by atoms with Gasteiger partial charge >= 0.3 is 0 Å². The Morgan fingerprint density at radius 1 is 1.03 bits per heavy atom. The van der Waals surface area contributed by atoms with Gasteiger partial charge < -0.3 is 5.32 Å². The van der Waals surface area contributed by atoms with Gasteiger partial charge in [-0.05, 0) is 72.5 Å². The standard InChI is InChI=1S/C24H21ClN4O/c1-3-17-6-11-20(12-7-17)29-27-22-14-16(2)21(15-23(22)28-29)26-24(30)13-8-18-4-9-19(25)10-5-18/h4-15H,3H2,1-2H3,(H,26,30). The zero-order chi connectivity index (χ0) is 21.1. The highest BCUT2D eigenvalue weighted by molar-refractivity contribution is 6.30. The summed E-state index contributed by atoms with van der Waals surface area (Å²) in [5, 5.41) is 12.7. The summed E-state index contributed by atoms with van der Waals surface area (Å²) in [6.45, 7) is 4.06. The first-order valence-electron chi connectivity index (χ1n) is 9.73. The van der Waals surface area contributed by atoms with Crippen LogP contribution < -0.4 is 5.32 Å². The average molecular weight is 417 g/mol. The van der Waals surface area contributed by atoms with Crippen molar-refractivity contribution in [1.29, 1.82) is 0 Å². The number of benzene rings is 3. The summed E-state index contributed by atoms with van der Waals surface area (Å²) in [4.78, 5) is 14.0. The molecule has 0 aliphatic heterocycles. The first-order chi connectivity index (χ1) is 14.5. The Morgan fingerprint density at radius 3 is 2.37 bits per heavy atom. The Labute approximate surface area is 180 Å². The number of hydrogen-bond acceptors (Lipinski definition) is 3. The van der Waals surface area contributed by atoms with Gasteiger partial charge in [-0.25, -0.2) is 0 Å². The lowest BCUT2D eigenvalue weighted by atomic mass is 10.1. The minimum Gasteiger partial charge on any atom is -0.322 e. The monoisotopic (exact) mass is 416 g/mol. The Balaban J connectivity index is 1.54. The molecule has 0 atom stereocenters. The molecule has 0 unspecified atom stereocenters. The third-order valence-electron chi connectivity index (χ3n) is 4.86. The van der Waals surface area contributed by atoms with Gasteiger partial charge in [-0.1, -0.05) is 42.8 Å². The van der Waals surface area contributed by atoms with Crippen molar-refractivity contribution in [2.45, 2.75) is 20.3 Å². The van der Waals surface area contributed by atoms with E-state index in [2.05, 4.69) is 34.6 Å². The number of hydrogen-bond donors (Lipinski definition) is 1. The van der Waals surface area contributed by atoms with E-state index in [0.717, 1.165) is 34.3 Å². The van der Waals surface area contributed by atoms with E-state index < -0.39 is 0 Å². The van der Waals surface area contributed by atoms with E-state index in [-0.39, 0.29) is 5.91 Å². The lowest BCUT2D eigenvalue weighted by Crippen LogP contribution is -2.08. The molecule has 5 nitrogen and oxygen atoms in total. The van der Waals surface area contributed by atoms with Crippen molar-refractivity contribution in [2.75, 3.05) is 5.32 Å². The van der Waals surface area contributed by atoms with Crippen LogP contribution in [0.5, 0.6) is 0 Å². The summed E-state index contributed by atoms with van der Waals surface area (Å²) in [6.07, 6.45) is 4.23. The molecule has 3 aromatic carbocycles. The second kappa shape index (κ2) is 8.51. The number of carbonyl (C=O) groups is 1. The summed E-state index contributed by atoms with van der Waals surface area (Å²) in [5.74, 6) is -0.213. The van der Waals surface area contributed by atoms with Crippen LogP contribution in [0.15, 0.2) is 66.7 Å². The molecule has 0 aliphatic carbocycles. The molecule has 0 radical (unpaired) electrons. The Kier molecular flexibility index (Phi) is 5.63. The van der Waals surface area contributed by atoms with E-state index in [1.54, 1.807) is 23.0 Å². The van der Waals surface area contributed by atoms with Crippen LogP contribution in [0.2, 0.25) is 5.02 Å². The van der Waals surface area contributed by atoms with Crippen molar-refractivity contribution < 1.29 is 4.79 Å². The highest BCUT2D eigenvalue weighted by Crippen LogP contribution is 2.22. The molecule has 4 rings (SSSR count). The molecule has 0 bridgehead atoms. The molecule has 0 aliphatic rings. The molecule has 150 valence electrons. The van der Waals surface area contributed by atoms with Gasteiger partial charge in [0.25, 0.3) is 0 Å². The Morgan fingerprint density at radius 2 is 1.70 bits per heavy atom. The number of aromatic nitrogens is 3. The molecular weight excluding hydrogens is 396 g/mol. The van der Waals surface area contributed by atoms with Crippen LogP contribution in [0, 0.1) is 6.92 Å².